The van der Waals surface area contributed by atoms with Gasteiger partial charge in [0.1, 0.15) is 11.5 Å². The Labute approximate surface area is 176 Å². The average Bonchev–Trinajstić information content (AvgIpc) is 3.05. The second-order valence-corrected chi connectivity index (χ2v) is 6.79. The molecule has 158 valence electrons. The maximum absolute atomic E-state index is 13.3. The largest absolute Gasteiger partial charge is 0.394 e. The molecule has 0 unspecified atom stereocenters. The highest BCUT2D eigenvalue weighted by Crippen LogP contribution is 2.23. The van der Waals surface area contributed by atoms with Crippen LogP contribution in [0.2, 0.25) is 5.02 Å². The topological polar surface area (TPSA) is 105 Å². The summed E-state index contributed by atoms with van der Waals surface area (Å²) in [5.74, 6) is -1.32. The molecule has 0 atom stereocenters. The molecule has 2 aromatic carbocycles. The standard InChI is InChI=1S/C20H20ClFN4O4/c1-26-18(20(29)24-13-3-5-16(22)15(21)11-13)14-4-2-12(10-17(14)25-26)19(28)23-6-8-30-9-7-27/h2-5,10-11,27H,6-9H2,1H3,(H,23,28)(H,24,29). The number of rotatable bonds is 8. The minimum atomic E-state index is -0.577. The predicted molar refractivity (Wildman–Crippen MR) is 110 cm³/mol. The van der Waals surface area contributed by atoms with Crippen LogP contribution in [-0.4, -0.2) is 53.1 Å². The van der Waals surface area contributed by atoms with Crippen LogP contribution in [0.4, 0.5) is 10.1 Å². The van der Waals surface area contributed by atoms with Crippen LogP contribution in [0.3, 0.4) is 0 Å². The predicted octanol–water partition coefficient (Wildman–Crippen LogP) is 2.36. The van der Waals surface area contributed by atoms with Crippen LogP contribution in [0.15, 0.2) is 36.4 Å². The number of aryl methyl sites for hydroxylation is 1. The number of carbonyl (C=O) groups excluding carboxylic acids is 2. The number of halogens is 2. The molecule has 3 aromatic rings. The zero-order valence-electron chi connectivity index (χ0n) is 16.1. The zero-order valence-corrected chi connectivity index (χ0v) is 16.9. The summed E-state index contributed by atoms with van der Waals surface area (Å²) < 4.78 is 19.8. The summed E-state index contributed by atoms with van der Waals surface area (Å²) >= 11 is 5.76. The van der Waals surface area contributed by atoms with Gasteiger partial charge in [0.25, 0.3) is 11.8 Å². The lowest BCUT2D eigenvalue weighted by Crippen LogP contribution is -2.27. The number of amides is 2. The number of carbonyl (C=O) groups is 2. The fourth-order valence-electron chi connectivity index (χ4n) is 2.88. The first-order valence-corrected chi connectivity index (χ1v) is 9.48. The Kier molecular flexibility index (Phi) is 6.99. The Balaban J connectivity index is 1.75. The molecule has 1 heterocycles. The second kappa shape index (κ2) is 9.66. The molecule has 3 N–H and O–H groups in total. The normalized spacial score (nSPS) is 10.9. The quantitative estimate of drug-likeness (QED) is 0.472. The van der Waals surface area contributed by atoms with Crippen molar-refractivity contribution in [2.75, 3.05) is 31.7 Å². The number of aliphatic hydroxyl groups is 1. The van der Waals surface area contributed by atoms with Crippen LogP contribution in [0.1, 0.15) is 20.8 Å². The molecule has 0 aliphatic heterocycles. The first kappa shape index (κ1) is 21.7. The van der Waals surface area contributed by atoms with Crippen molar-refractivity contribution in [2.24, 2.45) is 7.05 Å². The summed E-state index contributed by atoms with van der Waals surface area (Å²) in [7, 11) is 1.62. The maximum Gasteiger partial charge on any atom is 0.274 e. The molecule has 0 saturated heterocycles. The molecule has 2 amide bonds. The Hall–Kier alpha value is -3.01. The molecule has 0 bridgehead atoms. The molecule has 0 radical (unpaired) electrons. The number of aromatic nitrogens is 2. The molecule has 0 aliphatic carbocycles. The van der Waals surface area contributed by atoms with E-state index in [1.807, 2.05) is 0 Å². The summed E-state index contributed by atoms with van der Waals surface area (Å²) in [6, 6.07) is 8.72. The van der Waals surface area contributed by atoms with E-state index in [0.29, 0.717) is 28.7 Å². The average molecular weight is 435 g/mol. The molecule has 8 nitrogen and oxygen atoms in total. The Bertz CT molecular complexity index is 1090. The van der Waals surface area contributed by atoms with Gasteiger partial charge in [0.15, 0.2) is 0 Å². The van der Waals surface area contributed by atoms with Crippen molar-refractivity contribution in [2.45, 2.75) is 0 Å². The van der Waals surface area contributed by atoms with Crippen molar-refractivity contribution < 1.29 is 23.8 Å². The minimum absolute atomic E-state index is 0.0750. The third-order valence-electron chi connectivity index (χ3n) is 4.26. The molecule has 0 aliphatic rings. The van der Waals surface area contributed by atoms with Gasteiger partial charge in [-0.25, -0.2) is 4.39 Å². The van der Waals surface area contributed by atoms with Crippen molar-refractivity contribution in [3.63, 3.8) is 0 Å². The first-order chi connectivity index (χ1) is 14.4. The third kappa shape index (κ3) is 4.93. The van der Waals surface area contributed by atoms with Crippen molar-refractivity contribution in [3.8, 4) is 0 Å². The molecule has 30 heavy (non-hydrogen) atoms. The number of nitrogens with zero attached hydrogens (tertiary/aromatic N) is 2. The van der Waals surface area contributed by atoms with Gasteiger partial charge in [-0.3, -0.25) is 14.3 Å². The number of hydrogen-bond donors (Lipinski definition) is 3. The summed E-state index contributed by atoms with van der Waals surface area (Å²) in [5, 5.41) is 18.8. The summed E-state index contributed by atoms with van der Waals surface area (Å²) in [6.45, 7) is 0.724. The van der Waals surface area contributed by atoms with Gasteiger partial charge in [-0.2, -0.15) is 5.10 Å². The number of aliphatic hydroxyl groups excluding tert-OH is 1. The molecule has 10 heteroatoms. The lowest BCUT2D eigenvalue weighted by Gasteiger charge is -2.07. The van der Waals surface area contributed by atoms with Gasteiger partial charge in [-0.1, -0.05) is 11.6 Å². The van der Waals surface area contributed by atoms with E-state index in [9.17, 15) is 14.0 Å². The molecule has 0 spiro atoms. The number of fused-ring (bicyclic) bond motifs is 1. The highest BCUT2D eigenvalue weighted by molar-refractivity contribution is 6.31. The van der Waals surface area contributed by atoms with Crippen LogP contribution in [-0.2, 0) is 11.8 Å². The summed E-state index contributed by atoms with van der Waals surface area (Å²) in [5.41, 5.74) is 1.50. The van der Waals surface area contributed by atoms with Gasteiger partial charge in [-0.15, -0.1) is 0 Å². The highest BCUT2D eigenvalue weighted by Gasteiger charge is 2.18. The van der Waals surface area contributed by atoms with Gasteiger partial charge in [0.05, 0.1) is 30.4 Å². The van der Waals surface area contributed by atoms with Crippen molar-refractivity contribution in [3.05, 3.63) is 58.5 Å². The minimum Gasteiger partial charge on any atom is -0.394 e. The molecule has 3 rings (SSSR count). The van der Waals surface area contributed by atoms with E-state index in [0.717, 1.165) is 0 Å². The van der Waals surface area contributed by atoms with E-state index >= 15 is 0 Å². The SMILES string of the molecule is Cn1nc2cc(C(=O)NCCOCCO)ccc2c1C(=O)Nc1ccc(F)c(Cl)c1. The monoisotopic (exact) mass is 434 g/mol. The van der Waals surface area contributed by atoms with Crippen molar-refractivity contribution in [1.29, 1.82) is 0 Å². The van der Waals surface area contributed by atoms with Crippen LogP contribution < -0.4 is 10.6 Å². The number of benzene rings is 2. The smallest absolute Gasteiger partial charge is 0.274 e. The Morgan fingerprint density at radius 3 is 2.73 bits per heavy atom. The van der Waals surface area contributed by atoms with E-state index in [1.54, 1.807) is 25.2 Å². The third-order valence-corrected chi connectivity index (χ3v) is 4.55. The van der Waals surface area contributed by atoms with Crippen molar-refractivity contribution in [1.82, 2.24) is 15.1 Å². The summed E-state index contributed by atoms with van der Waals surface area (Å²) in [4.78, 5) is 25.0. The van der Waals surface area contributed by atoms with Crippen LogP contribution in [0.25, 0.3) is 10.9 Å². The second-order valence-electron chi connectivity index (χ2n) is 6.38. The lowest BCUT2D eigenvalue weighted by molar-refractivity contribution is 0.0838. The number of nitrogens with one attached hydrogen (secondary N) is 2. The van der Waals surface area contributed by atoms with E-state index in [1.165, 1.54) is 22.9 Å². The Morgan fingerprint density at radius 1 is 1.20 bits per heavy atom. The molecular weight excluding hydrogens is 415 g/mol. The van der Waals surface area contributed by atoms with Crippen LogP contribution in [0, 0.1) is 5.82 Å². The Morgan fingerprint density at radius 2 is 2.00 bits per heavy atom. The van der Waals surface area contributed by atoms with Crippen LogP contribution in [0.5, 0.6) is 0 Å². The zero-order chi connectivity index (χ0) is 21.7. The fourth-order valence-corrected chi connectivity index (χ4v) is 3.06. The summed E-state index contributed by atoms with van der Waals surface area (Å²) in [6.07, 6.45) is 0. The first-order valence-electron chi connectivity index (χ1n) is 9.10. The molecule has 1 aromatic heterocycles. The lowest BCUT2D eigenvalue weighted by atomic mass is 10.1. The van der Waals surface area contributed by atoms with Crippen LogP contribution >= 0.6 is 11.6 Å². The number of anilines is 1. The van der Waals surface area contributed by atoms with E-state index in [-0.39, 0.29) is 36.4 Å². The van der Waals surface area contributed by atoms with E-state index in [2.05, 4.69) is 15.7 Å². The molecular formula is C20H20ClFN4O4. The van der Waals surface area contributed by atoms with Gasteiger partial charge in [0.2, 0.25) is 0 Å². The van der Waals surface area contributed by atoms with Crippen molar-refractivity contribution >= 4 is 40.0 Å². The maximum atomic E-state index is 13.3. The van der Waals surface area contributed by atoms with E-state index in [4.69, 9.17) is 21.4 Å². The molecule has 0 fully saturated rings. The van der Waals surface area contributed by atoms with Gasteiger partial charge < -0.3 is 20.5 Å². The highest BCUT2D eigenvalue weighted by atomic mass is 35.5. The fraction of sp³-hybridized carbons (Fsp3) is 0.250. The number of hydrogen-bond acceptors (Lipinski definition) is 5. The number of ether oxygens (including phenoxy) is 1. The van der Waals surface area contributed by atoms with Gasteiger partial charge in [-0.05, 0) is 36.4 Å². The molecule has 0 saturated carbocycles. The van der Waals surface area contributed by atoms with Gasteiger partial charge in [0, 0.05) is 30.2 Å². The van der Waals surface area contributed by atoms with E-state index < -0.39 is 11.7 Å². The van der Waals surface area contributed by atoms with Gasteiger partial charge >= 0.3 is 0 Å².